The Morgan fingerprint density at radius 3 is 2.58 bits per heavy atom. The number of halogens is 3. The van der Waals surface area contributed by atoms with Crippen LogP contribution in [0.3, 0.4) is 0 Å². The molecule has 0 spiro atoms. The summed E-state index contributed by atoms with van der Waals surface area (Å²) in [6.45, 7) is 6.69. The standard InChI is InChI=1S/C28H30F3N5O3S/c1-18-15-21(9-10-22(18)25-34-27(37)39-35-25)38-17-24-23(16-32-11-14-36-12-3-2-4-13-36)33-26(40-24)19-5-7-20(8-6-19)28(29,30)31/h5-10,15,32H,2-4,11-14,16-17H2,1H3,(H,34,35,37). The fourth-order valence-electron chi connectivity index (χ4n) is 4.67. The number of aryl methyl sites for hydroxylation is 1. The zero-order valence-electron chi connectivity index (χ0n) is 22.0. The molecule has 0 atom stereocenters. The van der Waals surface area contributed by atoms with Gasteiger partial charge in [0.2, 0.25) is 0 Å². The quantitative estimate of drug-likeness (QED) is 0.237. The first kappa shape index (κ1) is 28.1. The molecule has 2 aromatic heterocycles. The number of H-pyrrole nitrogens is 1. The number of benzene rings is 2. The summed E-state index contributed by atoms with van der Waals surface area (Å²) in [5.74, 6) is 0.344. The van der Waals surface area contributed by atoms with Crippen molar-refractivity contribution in [3.63, 3.8) is 0 Å². The second kappa shape index (κ2) is 12.4. The van der Waals surface area contributed by atoms with Gasteiger partial charge in [-0.05, 0) is 68.8 Å². The zero-order valence-corrected chi connectivity index (χ0v) is 22.8. The molecule has 0 unspecified atom stereocenters. The number of hydrogen-bond donors (Lipinski definition) is 2. The summed E-state index contributed by atoms with van der Waals surface area (Å²) in [5, 5.41) is 7.85. The van der Waals surface area contributed by atoms with Crippen LogP contribution in [0.15, 0.2) is 51.8 Å². The predicted octanol–water partition coefficient (Wildman–Crippen LogP) is 5.64. The maximum absolute atomic E-state index is 13.0. The van der Waals surface area contributed by atoms with Crippen molar-refractivity contribution in [2.75, 3.05) is 26.2 Å². The Labute approximate surface area is 233 Å². The molecular formula is C28H30F3N5O3S. The highest BCUT2D eigenvalue weighted by molar-refractivity contribution is 7.15. The highest BCUT2D eigenvalue weighted by Gasteiger charge is 2.30. The Morgan fingerprint density at radius 2 is 1.90 bits per heavy atom. The largest absolute Gasteiger partial charge is 0.488 e. The molecule has 4 aromatic rings. The van der Waals surface area contributed by atoms with Gasteiger partial charge in [-0.3, -0.25) is 9.51 Å². The van der Waals surface area contributed by atoms with E-state index in [1.54, 1.807) is 12.1 Å². The fourth-order valence-corrected chi connectivity index (χ4v) is 5.67. The summed E-state index contributed by atoms with van der Waals surface area (Å²) in [5.41, 5.74) is 2.31. The van der Waals surface area contributed by atoms with E-state index in [2.05, 4.69) is 24.9 Å². The van der Waals surface area contributed by atoms with Crippen LogP contribution in [-0.2, 0) is 19.3 Å². The minimum Gasteiger partial charge on any atom is -0.488 e. The van der Waals surface area contributed by atoms with Crippen LogP contribution in [-0.4, -0.2) is 46.2 Å². The molecule has 1 aliphatic rings. The average Bonchev–Trinajstić information content (AvgIpc) is 3.56. The van der Waals surface area contributed by atoms with Crippen LogP contribution in [0.25, 0.3) is 22.0 Å². The molecule has 2 aromatic carbocycles. The fraction of sp³-hybridized carbons (Fsp3) is 0.393. The molecular weight excluding hydrogens is 543 g/mol. The van der Waals surface area contributed by atoms with Gasteiger partial charge >= 0.3 is 11.9 Å². The second-order valence-electron chi connectivity index (χ2n) is 9.75. The molecule has 2 N–H and O–H groups in total. The van der Waals surface area contributed by atoms with Gasteiger partial charge in [0.15, 0.2) is 5.82 Å². The monoisotopic (exact) mass is 573 g/mol. The summed E-state index contributed by atoms with van der Waals surface area (Å²) >= 11 is 1.41. The zero-order chi connectivity index (χ0) is 28.1. The van der Waals surface area contributed by atoms with Gasteiger partial charge in [-0.25, -0.2) is 9.78 Å². The number of rotatable bonds is 10. The van der Waals surface area contributed by atoms with Gasteiger partial charge in [-0.2, -0.15) is 13.2 Å². The highest BCUT2D eigenvalue weighted by Crippen LogP contribution is 2.34. The number of likely N-dealkylation sites (tertiary alicyclic amines) is 1. The lowest BCUT2D eigenvalue weighted by Gasteiger charge is -2.26. The van der Waals surface area contributed by atoms with Crippen LogP contribution in [0.5, 0.6) is 5.75 Å². The molecule has 0 amide bonds. The number of nitrogens with one attached hydrogen (secondary N) is 2. The Bertz CT molecular complexity index is 1470. The van der Waals surface area contributed by atoms with Crippen LogP contribution < -0.4 is 15.8 Å². The number of aromatic amines is 1. The minimum atomic E-state index is -4.39. The summed E-state index contributed by atoms with van der Waals surface area (Å²) < 4.78 is 49.8. The van der Waals surface area contributed by atoms with E-state index >= 15 is 0 Å². The number of thiazole rings is 1. The van der Waals surface area contributed by atoms with Crippen molar-refractivity contribution < 1.29 is 22.4 Å². The summed E-state index contributed by atoms with van der Waals surface area (Å²) in [4.78, 5) is 22.0. The van der Waals surface area contributed by atoms with Crippen LogP contribution >= 0.6 is 11.3 Å². The number of aromatic nitrogens is 3. The first-order valence-corrected chi connectivity index (χ1v) is 14.0. The van der Waals surface area contributed by atoms with Gasteiger partial charge in [0.25, 0.3) is 0 Å². The average molecular weight is 574 g/mol. The van der Waals surface area contributed by atoms with Crippen LogP contribution in [0, 0.1) is 6.92 Å². The maximum atomic E-state index is 13.0. The normalized spacial score (nSPS) is 14.5. The number of piperidine rings is 1. The lowest BCUT2D eigenvalue weighted by molar-refractivity contribution is -0.137. The van der Waals surface area contributed by atoms with Crippen molar-refractivity contribution >= 4 is 11.3 Å². The number of ether oxygens (including phenoxy) is 1. The molecule has 5 rings (SSSR count). The molecule has 0 aliphatic carbocycles. The van der Waals surface area contributed by atoms with E-state index < -0.39 is 17.5 Å². The molecule has 212 valence electrons. The first-order valence-electron chi connectivity index (χ1n) is 13.2. The Hall–Kier alpha value is -3.48. The maximum Gasteiger partial charge on any atom is 0.439 e. The van der Waals surface area contributed by atoms with Crippen molar-refractivity contribution in [2.45, 2.75) is 45.5 Å². The molecule has 40 heavy (non-hydrogen) atoms. The third kappa shape index (κ3) is 6.98. The van der Waals surface area contributed by atoms with Gasteiger partial charge in [-0.15, -0.1) is 11.3 Å². The Kier molecular flexibility index (Phi) is 8.67. The number of nitrogens with zero attached hydrogens (tertiary/aromatic N) is 3. The van der Waals surface area contributed by atoms with Crippen molar-refractivity contribution in [2.24, 2.45) is 0 Å². The molecule has 0 radical (unpaired) electrons. The predicted molar refractivity (Wildman–Crippen MR) is 146 cm³/mol. The van der Waals surface area contributed by atoms with E-state index in [1.807, 2.05) is 13.0 Å². The van der Waals surface area contributed by atoms with Crippen molar-refractivity contribution in [1.82, 2.24) is 25.3 Å². The SMILES string of the molecule is Cc1cc(OCc2sc(-c3ccc(C(F)(F)F)cc3)nc2CNCCN2CCCCC2)ccc1-c1noc(=O)[nH]1. The molecule has 3 heterocycles. The molecule has 12 heteroatoms. The van der Waals surface area contributed by atoms with Gasteiger partial charge in [-0.1, -0.05) is 23.7 Å². The van der Waals surface area contributed by atoms with E-state index in [4.69, 9.17) is 9.72 Å². The van der Waals surface area contributed by atoms with Gasteiger partial charge in [0, 0.05) is 30.8 Å². The molecule has 0 bridgehead atoms. The molecule has 1 fully saturated rings. The molecule has 1 aliphatic heterocycles. The third-order valence-electron chi connectivity index (χ3n) is 6.85. The molecule has 8 nitrogen and oxygen atoms in total. The van der Waals surface area contributed by atoms with E-state index in [1.165, 1.54) is 42.7 Å². The van der Waals surface area contributed by atoms with Crippen LogP contribution in [0.1, 0.15) is 41.0 Å². The van der Waals surface area contributed by atoms with E-state index in [0.717, 1.165) is 60.0 Å². The van der Waals surface area contributed by atoms with Crippen molar-refractivity contribution in [3.8, 4) is 27.7 Å². The molecule has 0 saturated carbocycles. The topological polar surface area (TPSA) is 96.3 Å². The Balaban J connectivity index is 1.30. The number of hydrogen-bond acceptors (Lipinski definition) is 8. The number of alkyl halides is 3. The first-order chi connectivity index (χ1) is 19.3. The van der Waals surface area contributed by atoms with E-state index in [-0.39, 0.29) is 6.61 Å². The van der Waals surface area contributed by atoms with Crippen molar-refractivity contribution in [3.05, 3.63) is 74.7 Å². The summed E-state index contributed by atoms with van der Waals surface area (Å²) in [6, 6.07) is 10.5. The lowest BCUT2D eigenvalue weighted by atomic mass is 10.1. The smallest absolute Gasteiger partial charge is 0.439 e. The van der Waals surface area contributed by atoms with E-state index in [9.17, 15) is 18.0 Å². The minimum absolute atomic E-state index is 0.251. The van der Waals surface area contributed by atoms with Gasteiger partial charge in [0.05, 0.1) is 16.1 Å². The highest BCUT2D eigenvalue weighted by atomic mass is 32.1. The summed E-state index contributed by atoms with van der Waals surface area (Å²) in [7, 11) is 0. The summed E-state index contributed by atoms with van der Waals surface area (Å²) in [6.07, 6.45) is -0.622. The molecule has 1 saturated heterocycles. The Morgan fingerprint density at radius 1 is 1.12 bits per heavy atom. The van der Waals surface area contributed by atoms with Gasteiger partial charge < -0.3 is 15.0 Å². The van der Waals surface area contributed by atoms with E-state index in [0.29, 0.717) is 28.7 Å². The lowest BCUT2D eigenvalue weighted by Crippen LogP contribution is -2.35. The second-order valence-corrected chi connectivity index (χ2v) is 10.8. The van der Waals surface area contributed by atoms with Crippen LogP contribution in [0.4, 0.5) is 13.2 Å². The van der Waals surface area contributed by atoms with Crippen molar-refractivity contribution in [1.29, 1.82) is 0 Å². The third-order valence-corrected chi connectivity index (χ3v) is 7.97. The van der Waals surface area contributed by atoms with Gasteiger partial charge in [0.1, 0.15) is 17.4 Å². The van der Waals surface area contributed by atoms with Crippen LogP contribution in [0.2, 0.25) is 0 Å².